The second-order valence-electron chi connectivity index (χ2n) is 8.35. The first-order valence-electron chi connectivity index (χ1n) is 9.96. The molecule has 4 N–H and O–H groups in total. The van der Waals surface area contributed by atoms with Gasteiger partial charge < -0.3 is 20.5 Å². The summed E-state index contributed by atoms with van der Waals surface area (Å²) in [7, 11) is 0. The molecule has 2 heterocycles. The number of aliphatic hydroxyl groups is 1. The molecule has 0 spiro atoms. The van der Waals surface area contributed by atoms with E-state index in [4.69, 9.17) is 15.9 Å². The van der Waals surface area contributed by atoms with Crippen molar-refractivity contribution in [1.82, 2.24) is 9.97 Å². The van der Waals surface area contributed by atoms with Crippen LogP contribution in [0.1, 0.15) is 43.9 Å². The number of ether oxygens (including phenoxy) is 1. The molecule has 0 bridgehead atoms. The summed E-state index contributed by atoms with van der Waals surface area (Å²) in [6.07, 6.45) is 3.44. The van der Waals surface area contributed by atoms with E-state index in [9.17, 15) is 13.9 Å². The number of nitrogens with zero attached hydrogens (tertiary/aromatic N) is 3. The van der Waals surface area contributed by atoms with Crippen LogP contribution in [0.4, 0.5) is 20.3 Å². The Labute approximate surface area is 173 Å². The number of anilines is 2. The van der Waals surface area contributed by atoms with Crippen LogP contribution in [-0.2, 0) is 0 Å². The summed E-state index contributed by atoms with van der Waals surface area (Å²) in [5, 5.41) is 17.8. The van der Waals surface area contributed by atoms with E-state index in [0.29, 0.717) is 30.2 Å². The molecular formula is C21H25F2N5O2. The highest BCUT2D eigenvalue weighted by Gasteiger charge is 2.41. The minimum Gasteiger partial charge on any atom is -0.484 e. The van der Waals surface area contributed by atoms with Gasteiger partial charge in [-0.25, -0.2) is 18.7 Å². The van der Waals surface area contributed by atoms with E-state index in [1.54, 1.807) is 6.07 Å². The first kappa shape index (κ1) is 20.5. The summed E-state index contributed by atoms with van der Waals surface area (Å²) in [5.41, 5.74) is 4.83. The molecule has 1 aromatic heterocycles. The molecule has 2 aromatic rings. The fourth-order valence-electron chi connectivity index (χ4n) is 3.50. The first-order chi connectivity index (χ1) is 14.2. The van der Waals surface area contributed by atoms with Crippen LogP contribution < -0.4 is 15.4 Å². The monoisotopic (exact) mass is 417 g/mol. The molecule has 2 fully saturated rings. The topological polar surface area (TPSA) is 108 Å². The number of benzene rings is 1. The molecule has 30 heavy (non-hydrogen) atoms. The van der Waals surface area contributed by atoms with Crippen LogP contribution in [0.15, 0.2) is 24.5 Å². The number of nitrogen functional groups attached to an aromatic ring is 1. The second kappa shape index (κ2) is 7.46. The van der Waals surface area contributed by atoms with Gasteiger partial charge in [-0.15, -0.1) is 0 Å². The number of hydrogen-bond acceptors (Lipinski definition) is 7. The standard InChI is InChI=1S/C21H25F2N5O2/c1-20(2-3-20)30-17-8-13(15(24)9-14(17)22)19(25)16-10-18(27-12-26-16)28-6-4-21(23,11-29)5-7-28/h8-10,12,25,29H,2-7,11,24H2,1H3. The van der Waals surface area contributed by atoms with Crippen LogP contribution in [-0.4, -0.2) is 51.8 Å². The quantitative estimate of drug-likeness (QED) is 0.493. The van der Waals surface area contributed by atoms with E-state index >= 15 is 0 Å². The zero-order valence-electron chi connectivity index (χ0n) is 16.8. The van der Waals surface area contributed by atoms with Gasteiger partial charge in [0.2, 0.25) is 0 Å². The zero-order valence-corrected chi connectivity index (χ0v) is 16.8. The highest BCUT2D eigenvalue weighted by Crippen LogP contribution is 2.41. The van der Waals surface area contributed by atoms with Gasteiger partial charge in [0.05, 0.1) is 18.0 Å². The summed E-state index contributed by atoms with van der Waals surface area (Å²) in [4.78, 5) is 10.3. The molecule has 9 heteroatoms. The lowest BCUT2D eigenvalue weighted by Crippen LogP contribution is -2.44. The lowest BCUT2D eigenvalue weighted by atomic mass is 9.94. The predicted octanol–water partition coefficient (Wildman–Crippen LogP) is 2.85. The number of piperidine rings is 1. The van der Waals surface area contributed by atoms with Crippen LogP contribution in [0.2, 0.25) is 0 Å². The maximum atomic E-state index is 14.3. The second-order valence-corrected chi connectivity index (χ2v) is 8.35. The van der Waals surface area contributed by atoms with Gasteiger partial charge in [-0.05, 0) is 25.8 Å². The smallest absolute Gasteiger partial charge is 0.167 e. The van der Waals surface area contributed by atoms with Crippen LogP contribution >= 0.6 is 0 Å². The largest absolute Gasteiger partial charge is 0.484 e. The molecule has 1 saturated heterocycles. The molecule has 0 atom stereocenters. The van der Waals surface area contributed by atoms with E-state index < -0.39 is 18.1 Å². The van der Waals surface area contributed by atoms with Gasteiger partial charge in [-0.1, -0.05) is 0 Å². The Morgan fingerprint density at radius 1 is 1.23 bits per heavy atom. The lowest BCUT2D eigenvalue weighted by Gasteiger charge is -2.35. The highest BCUT2D eigenvalue weighted by atomic mass is 19.1. The maximum absolute atomic E-state index is 14.3. The van der Waals surface area contributed by atoms with E-state index in [-0.39, 0.29) is 35.6 Å². The van der Waals surface area contributed by atoms with Crippen LogP contribution in [0.3, 0.4) is 0 Å². The van der Waals surface area contributed by atoms with Gasteiger partial charge >= 0.3 is 0 Å². The number of hydrogen-bond donors (Lipinski definition) is 3. The van der Waals surface area contributed by atoms with E-state index in [2.05, 4.69) is 9.97 Å². The zero-order chi connectivity index (χ0) is 21.5. The SMILES string of the molecule is CC1(Oc2cc(C(=N)c3cc(N4CCC(F)(CO)CC4)ncn3)c(N)cc2F)CC1. The summed E-state index contributed by atoms with van der Waals surface area (Å²) >= 11 is 0. The van der Waals surface area contributed by atoms with Gasteiger partial charge in [0, 0.05) is 49.3 Å². The minimum absolute atomic E-state index is 0.0224. The normalized spacial score (nSPS) is 19.4. The van der Waals surface area contributed by atoms with Crippen LogP contribution in [0, 0.1) is 11.2 Å². The van der Waals surface area contributed by atoms with Crippen LogP contribution in [0.5, 0.6) is 5.75 Å². The van der Waals surface area contributed by atoms with Crippen molar-refractivity contribution >= 4 is 17.2 Å². The number of nitrogens with two attached hydrogens (primary N) is 1. The fourth-order valence-corrected chi connectivity index (χ4v) is 3.50. The number of aliphatic hydroxyl groups excluding tert-OH is 1. The third-order valence-electron chi connectivity index (χ3n) is 5.86. The van der Waals surface area contributed by atoms with E-state index in [1.807, 2.05) is 11.8 Å². The van der Waals surface area contributed by atoms with Gasteiger partial charge in [0.1, 0.15) is 23.4 Å². The summed E-state index contributed by atoms with van der Waals surface area (Å²) in [6.45, 7) is 2.21. The van der Waals surface area contributed by atoms with Gasteiger partial charge in [-0.3, -0.25) is 5.41 Å². The molecular weight excluding hydrogens is 392 g/mol. The van der Waals surface area contributed by atoms with Crippen LogP contribution in [0.25, 0.3) is 0 Å². The van der Waals surface area contributed by atoms with E-state index in [1.165, 1.54) is 12.4 Å². The van der Waals surface area contributed by atoms with Gasteiger partial charge in [0.25, 0.3) is 0 Å². The summed E-state index contributed by atoms with van der Waals surface area (Å²) < 4.78 is 34.3. The number of aromatic nitrogens is 2. The number of halogens is 2. The van der Waals surface area contributed by atoms with Crippen molar-refractivity contribution < 1.29 is 18.6 Å². The van der Waals surface area contributed by atoms with Crippen molar-refractivity contribution in [2.45, 2.75) is 43.9 Å². The number of alkyl halides is 1. The molecule has 1 aliphatic heterocycles. The van der Waals surface area contributed by atoms with Crippen molar-refractivity contribution in [2.24, 2.45) is 0 Å². The average molecular weight is 417 g/mol. The molecule has 7 nitrogen and oxygen atoms in total. The van der Waals surface area contributed by atoms with E-state index in [0.717, 1.165) is 18.9 Å². The maximum Gasteiger partial charge on any atom is 0.167 e. The molecule has 2 aliphatic rings. The third-order valence-corrected chi connectivity index (χ3v) is 5.86. The summed E-state index contributed by atoms with van der Waals surface area (Å²) in [5.74, 6) is 0.0670. The highest BCUT2D eigenvalue weighted by molar-refractivity contribution is 6.13. The van der Waals surface area contributed by atoms with Gasteiger partial charge in [-0.2, -0.15) is 0 Å². The minimum atomic E-state index is -1.56. The molecule has 1 aromatic carbocycles. The fraction of sp³-hybridized carbons (Fsp3) is 0.476. The molecule has 160 valence electrons. The van der Waals surface area contributed by atoms with Crippen molar-refractivity contribution in [1.29, 1.82) is 5.41 Å². The molecule has 1 saturated carbocycles. The predicted molar refractivity (Wildman–Crippen MR) is 109 cm³/mol. The Morgan fingerprint density at radius 2 is 1.93 bits per heavy atom. The Kier molecular flexibility index (Phi) is 5.09. The Morgan fingerprint density at radius 3 is 2.57 bits per heavy atom. The first-order valence-corrected chi connectivity index (χ1v) is 9.96. The third kappa shape index (κ3) is 4.07. The Bertz CT molecular complexity index is 972. The molecule has 0 radical (unpaired) electrons. The molecule has 0 unspecified atom stereocenters. The Hall–Kier alpha value is -2.81. The molecule has 4 rings (SSSR count). The van der Waals surface area contributed by atoms with Crippen molar-refractivity contribution in [3.63, 3.8) is 0 Å². The average Bonchev–Trinajstić information content (AvgIpc) is 3.47. The van der Waals surface area contributed by atoms with Gasteiger partial charge in [0.15, 0.2) is 11.6 Å². The summed E-state index contributed by atoms with van der Waals surface area (Å²) in [6, 6.07) is 4.24. The van der Waals surface area contributed by atoms with Crippen molar-refractivity contribution in [2.75, 3.05) is 30.3 Å². The molecule has 1 aliphatic carbocycles. The van der Waals surface area contributed by atoms with Crippen molar-refractivity contribution in [3.8, 4) is 5.75 Å². The molecule has 0 amide bonds. The Balaban J connectivity index is 1.57. The number of nitrogens with one attached hydrogen (secondary N) is 1. The lowest BCUT2D eigenvalue weighted by molar-refractivity contribution is 0.0480. The van der Waals surface area contributed by atoms with Crippen molar-refractivity contribution in [3.05, 3.63) is 41.6 Å². The number of rotatable bonds is 6.